The second-order valence-electron chi connectivity index (χ2n) is 6.24. The highest BCUT2D eigenvalue weighted by atomic mass is 32.2. The molecule has 2 heterocycles. The number of sulfonamides is 1. The SMILES string of the molecule is O=S(=O)(Nc1ccccc1-c1cn2ccccc2n1)c1ccccc1C(F)(F)F. The van der Waals surface area contributed by atoms with Gasteiger partial charge in [-0.2, -0.15) is 13.2 Å². The molecule has 29 heavy (non-hydrogen) atoms. The normalized spacial score (nSPS) is 12.2. The van der Waals surface area contributed by atoms with Crippen LogP contribution in [0.4, 0.5) is 18.9 Å². The molecule has 0 bridgehead atoms. The van der Waals surface area contributed by atoms with Crippen molar-refractivity contribution in [3.8, 4) is 11.3 Å². The number of benzene rings is 2. The lowest BCUT2D eigenvalue weighted by Crippen LogP contribution is -2.19. The molecule has 0 atom stereocenters. The van der Waals surface area contributed by atoms with Gasteiger partial charge in [0.05, 0.1) is 21.8 Å². The van der Waals surface area contributed by atoms with Crippen LogP contribution in [0.15, 0.2) is 84.0 Å². The van der Waals surface area contributed by atoms with Crippen LogP contribution in [-0.4, -0.2) is 17.8 Å². The molecular formula is C20H14F3N3O2S. The summed E-state index contributed by atoms with van der Waals surface area (Å²) in [6.07, 6.45) is -1.29. The maximum absolute atomic E-state index is 13.3. The fourth-order valence-corrected chi connectivity index (χ4v) is 4.30. The average Bonchev–Trinajstić information content (AvgIpc) is 3.11. The van der Waals surface area contributed by atoms with E-state index in [4.69, 9.17) is 0 Å². The number of fused-ring (bicyclic) bond motifs is 1. The molecule has 0 aliphatic rings. The van der Waals surface area contributed by atoms with Crippen molar-refractivity contribution in [3.63, 3.8) is 0 Å². The topological polar surface area (TPSA) is 63.5 Å². The Kier molecular flexibility index (Phi) is 4.54. The molecule has 0 saturated heterocycles. The maximum atomic E-state index is 13.3. The summed E-state index contributed by atoms with van der Waals surface area (Å²) in [6.45, 7) is 0. The molecule has 0 aliphatic carbocycles. The fraction of sp³-hybridized carbons (Fsp3) is 0.0500. The molecule has 0 amide bonds. The molecule has 4 rings (SSSR count). The first-order chi connectivity index (χ1) is 13.8. The lowest BCUT2D eigenvalue weighted by molar-refractivity contribution is -0.139. The standard InChI is InChI=1S/C20H14F3N3O2S/c21-20(22,23)15-8-2-4-10-18(15)29(27,28)25-16-9-3-1-7-14(16)17-13-26-12-6-5-11-19(26)24-17/h1-13,25H. The lowest BCUT2D eigenvalue weighted by atomic mass is 10.1. The first-order valence-electron chi connectivity index (χ1n) is 8.48. The van der Waals surface area contributed by atoms with Gasteiger partial charge in [-0.05, 0) is 30.3 Å². The Morgan fingerprint density at radius 3 is 2.34 bits per heavy atom. The Bertz CT molecular complexity index is 1260. The van der Waals surface area contributed by atoms with E-state index in [0.717, 1.165) is 18.2 Å². The second kappa shape index (κ2) is 6.93. The largest absolute Gasteiger partial charge is 0.417 e. The van der Waals surface area contributed by atoms with Crippen molar-refractivity contribution in [2.45, 2.75) is 11.1 Å². The Balaban J connectivity index is 1.78. The van der Waals surface area contributed by atoms with Crippen molar-refractivity contribution in [1.82, 2.24) is 9.38 Å². The minimum Gasteiger partial charge on any atom is -0.306 e. The van der Waals surface area contributed by atoms with Gasteiger partial charge >= 0.3 is 6.18 Å². The molecule has 0 spiro atoms. The highest BCUT2D eigenvalue weighted by molar-refractivity contribution is 7.92. The second-order valence-corrected chi connectivity index (χ2v) is 7.89. The zero-order valence-corrected chi connectivity index (χ0v) is 15.6. The molecule has 148 valence electrons. The lowest BCUT2D eigenvalue weighted by Gasteiger charge is -2.15. The predicted octanol–water partition coefficient (Wildman–Crippen LogP) is 4.82. The first kappa shape index (κ1) is 19.0. The third-order valence-electron chi connectivity index (χ3n) is 4.29. The average molecular weight is 417 g/mol. The monoisotopic (exact) mass is 417 g/mol. The fourth-order valence-electron chi connectivity index (χ4n) is 2.99. The van der Waals surface area contributed by atoms with Crippen LogP contribution < -0.4 is 4.72 Å². The van der Waals surface area contributed by atoms with Gasteiger partial charge in [0.2, 0.25) is 0 Å². The number of rotatable bonds is 4. The molecule has 4 aromatic rings. The van der Waals surface area contributed by atoms with Crippen molar-refractivity contribution in [1.29, 1.82) is 0 Å². The molecule has 2 aromatic carbocycles. The number of para-hydroxylation sites is 1. The van der Waals surface area contributed by atoms with Gasteiger partial charge in [-0.1, -0.05) is 36.4 Å². The zero-order valence-electron chi connectivity index (χ0n) is 14.8. The summed E-state index contributed by atoms with van der Waals surface area (Å²) < 4.78 is 69.4. The number of nitrogens with one attached hydrogen (secondary N) is 1. The van der Waals surface area contributed by atoms with Gasteiger partial charge in [0.25, 0.3) is 10.0 Å². The number of hydrogen-bond donors (Lipinski definition) is 1. The van der Waals surface area contributed by atoms with Crippen LogP contribution in [0, 0.1) is 0 Å². The van der Waals surface area contributed by atoms with Crippen molar-refractivity contribution < 1.29 is 21.6 Å². The molecule has 0 unspecified atom stereocenters. The van der Waals surface area contributed by atoms with Gasteiger partial charge in [0.1, 0.15) is 5.65 Å². The molecule has 1 N–H and O–H groups in total. The number of aromatic nitrogens is 2. The number of alkyl halides is 3. The minimum atomic E-state index is -4.80. The molecule has 0 aliphatic heterocycles. The van der Waals surface area contributed by atoms with Gasteiger partial charge in [-0.3, -0.25) is 4.72 Å². The summed E-state index contributed by atoms with van der Waals surface area (Å²) in [6, 6.07) is 15.9. The Morgan fingerprint density at radius 2 is 1.59 bits per heavy atom. The Morgan fingerprint density at radius 1 is 0.897 bits per heavy atom. The van der Waals surface area contributed by atoms with Crippen LogP contribution in [-0.2, 0) is 16.2 Å². The number of anilines is 1. The Labute approximate surface area is 164 Å². The quantitative estimate of drug-likeness (QED) is 0.518. The molecule has 0 fully saturated rings. The van der Waals surface area contributed by atoms with Crippen LogP contribution in [0.2, 0.25) is 0 Å². The minimum absolute atomic E-state index is 0.132. The van der Waals surface area contributed by atoms with E-state index in [2.05, 4.69) is 9.71 Å². The third kappa shape index (κ3) is 3.68. The van der Waals surface area contributed by atoms with Crippen LogP contribution in [0.25, 0.3) is 16.9 Å². The maximum Gasteiger partial charge on any atom is 0.417 e. The number of nitrogens with zero attached hydrogens (tertiary/aromatic N) is 2. The molecule has 2 aromatic heterocycles. The summed E-state index contributed by atoms with van der Waals surface area (Å²) in [4.78, 5) is 3.62. The number of hydrogen-bond acceptors (Lipinski definition) is 3. The molecule has 0 radical (unpaired) electrons. The summed E-state index contributed by atoms with van der Waals surface area (Å²) in [5.41, 5.74) is 0.496. The highest BCUT2D eigenvalue weighted by Crippen LogP contribution is 2.35. The van der Waals surface area contributed by atoms with Crippen LogP contribution in [0.3, 0.4) is 0 Å². The van der Waals surface area contributed by atoms with E-state index in [-0.39, 0.29) is 5.69 Å². The summed E-state index contributed by atoms with van der Waals surface area (Å²) in [7, 11) is -4.49. The summed E-state index contributed by atoms with van der Waals surface area (Å²) in [5, 5.41) is 0. The van der Waals surface area contributed by atoms with Crippen molar-refractivity contribution >= 4 is 21.4 Å². The van der Waals surface area contributed by atoms with Gasteiger partial charge < -0.3 is 4.40 Å². The van der Waals surface area contributed by atoms with Crippen molar-refractivity contribution in [2.24, 2.45) is 0 Å². The predicted molar refractivity (Wildman–Crippen MR) is 103 cm³/mol. The van der Waals surface area contributed by atoms with Gasteiger partial charge in [-0.25, -0.2) is 13.4 Å². The van der Waals surface area contributed by atoms with E-state index in [1.807, 2.05) is 12.1 Å². The van der Waals surface area contributed by atoms with Crippen molar-refractivity contribution in [2.75, 3.05) is 4.72 Å². The van der Waals surface area contributed by atoms with Crippen molar-refractivity contribution in [3.05, 3.63) is 84.7 Å². The van der Waals surface area contributed by atoms with E-state index in [1.165, 1.54) is 12.1 Å². The van der Waals surface area contributed by atoms with E-state index >= 15 is 0 Å². The number of halogens is 3. The molecule has 9 heteroatoms. The van der Waals surface area contributed by atoms with Crippen LogP contribution in [0.1, 0.15) is 5.56 Å². The van der Waals surface area contributed by atoms with Crippen LogP contribution in [0.5, 0.6) is 0 Å². The van der Waals surface area contributed by atoms with E-state index in [9.17, 15) is 21.6 Å². The molecular weight excluding hydrogens is 403 g/mol. The highest BCUT2D eigenvalue weighted by Gasteiger charge is 2.37. The molecule has 0 saturated carbocycles. The van der Waals surface area contributed by atoms with Gasteiger partial charge in [0.15, 0.2) is 0 Å². The third-order valence-corrected chi connectivity index (χ3v) is 5.72. The van der Waals surface area contributed by atoms with Crippen LogP contribution >= 0.6 is 0 Å². The zero-order chi connectivity index (χ0) is 20.6. The smallest absolute Gasteiger partial charge is 0.306 e. The van der Waals surface area contributed by atoms with Gasteiger partial charge in [-0.15, -0.1) is 0 Å². The van der Waals surface area contributed by atoms with E-state index < -0.39 is 26.7 Å². The summed E-state index contributed by atoms with van der Waals surface area (Å²) in [5.74, 6) is 0. The molecule has 5 nitrogen and oxygen atoms in total. The van der Waals surface area contributed by atoms with E-state index in [0.29, 0.717) is 16.9 Å². The Hall–Kier alpha value is -3.33. The number of pyridine rings is 1. The van der Waals surface area contributed by atoms with E-state index in [1.54, 1.807) is 41.1 Å². The first-order valence-corrected chi connectivity index (χ1v) is 9.96. The van der Waals surface area contributed by atoms with Gasteiger partial charge in [0, 0.05) is 18.0 Å². The number of imidazole rings is 1. The summed E-state index contributed by atoms with van der Waals surface area (Å²) >= 11 is 0.